The Balaban J connectivity index is 1.78. The normalized spacial score (nSPS) is 10.9. The molecule has 3 heterocycles. The molecule has 0 aliphatic heterocycles. The van der Waals surface area contributed by atoms with Crippen molar-refractivity contribution >= 4 is 51.6 Å². The first-order chi connectivity index (χ1) is 14.4. The highest BCUT2D eigenvalue weighted by Gasteiger charge is 2.21. The Morgan fingerprint density at radius 2 is 1.97 bits per heavy atom. The molecule has 0 saturated heterocycles. The highest BCUT2D eigenvalue weighted by Crippen LogP contribution is 2.32. The van der Waals surface area contributed by atoms with Crippen molar-refractivity contribution in [2.75, 3.05) is 12.4 Å². The summed E-state index contributed by atoms with van der Waals surface area (Å²) in [6.45, 7) is 3.74. The Hall–Kier alpha value is -3.23. The van der Waals surface area contributed by atoms with Crippen LogP contribution in [0.3, 0.4) is 0 Å². The van der Waals surface area contributed by atoms with Gasteiger partial charge in [-0.3, -0.25) is 4.79 Å². The van der Waals surface area contributed by atoms with Crippen molar-refractivity contribution in [3.8, 4) is 10.6 Å². The molecule has 1 N–H and O–H groups in total. The molecule has 0 aliphatic carbocycles. The van der Waals surface area contributed by atoms with E-state index in [1.807, 2.05) is 19.1 Å². The van der Waals surface area contributed by atoms with Crippen molar-refractivity contribution in [2.45, 2.75) is 13.8 Å². The van der Waals surface area contributed by atoms with E-state index < -0.39 is 11.9 Å². The summed E-state index contributed by atoms with van der Waals surface area (Å²) in [5.74, 6) is -0.953. The highest BCUT2D eigenvalue weighted by atomic mass is 35.5. The van der Waals surface area contributed by atoms with E-state index in [4.69, 9.17) is 20.9 Å². The smallest absolute Gasteiger partial charge is 0.337 e. The highest BCUT2D eigenvalue weighted by molar-refractivity contribution is 7.15. The third-order valence-corrected chi connectivity index (χ3v) is 5.84. The van der Waals surface area contributed by atoms with Crippen molar-refractivity contribution in [1.29, 1.82) is 0 Å². The molecule has 9 heteroatoms. The SMILES string of the molecule is COC(=O)c1ccc(Cl)c(NC(=O)c2cc(-c3ccc(C)s3)nc3onc(C)c23)c1. The minimum Gasteiger partial charge on any atom is -0.465 e. The summed E-state index contributed by atoms with van der Waals surface area (Å²) in [4.78, 5) is 31.5. The lowest BCUT2D eigenvalue weighted by Crippen LogP contribution is -2.14. The lowest BCUT2D eigenvalue weighted by Gasteiger charge is -2.10. The number of amides is 1. The predicted octanol–water partition coefficient (Wildman–Crippen LogP) is 5.26. The number of hydrogen-bond donors (Lipinski definition) is 1. The van der Waals surface area contributed by atoms with Crippen LogP contribution in [0.15, 0.2) is 40.9 Å². The lowest BCUT2D eigenvalue weighted by molar-refractivity contribution is 0.0600. The maximum atomic E-state index is 13.2. The summed E-state index contributed by atoms with van der Waals surface area (Å²) >= 11 is 7.79. The zero-order valence-electron chi connectivity index (χ0n) is 16.3. The Labute approximate surface area is 180 Å². The molecule has 152 valence electrons. The average Bonchev–Trinajstić information content (AvgIpc) is 3.34. The van der Waals surface area contributed by atoms with Crippen LogP contribution in [0.25, 0.3) is 21.7 Å². The van der Waals surface area contributed by atoms with Crippen LogP contribution >= 0.6 is 22.9 Å². The summed E-state index contributed by atoms with van der Waals surface area (Å²) in [6.07, 6.45) is 0. The maximum absolute atomic E-state index is 13.2. The number of halogens is 1. The van der Waals surface area contributed by atoms with Crippen LogP contribution in [0.5, 0.6) is 0 Å². The summed E-state index contributed by atoms with van der Waals surface area (Å²) in [5.41, 5.74) is 2.34. The van der Waals surface area contributed by atoms with E-state index >= 15 is 0 Å². The third-order valence-electron chi connectivity index (χ3n) is 4.49. The number of carbonyl (C=O) groups excluding carboxylic acids is 2. The average molecular weight is 442 g/mol. The Morgan fingerprint density at radius 3 is 2.67 bits per heavy atom. The van der Waals surface area contributed by atoms with E-state index in [0.717, 1.165) is 9.75 Å². The van der Waals surface area contributed by atoms with Crippen LogP contribution in [0, 0.1) is 13.8 Å². The summed E-state index contributed by atoms with van der Waals surface area (Å²) in [6, 6.07) is 10.1. The largest absolute Gasteiger partial charge is 0.465 e. The Bertz CT molecular complexity index is 1290. The predicted molar refractivity (Wildman–Crippen MR) is 115 cm³/mol. The van der Waals surface area contributed by atoms with E-state index in [1.54, 1.807) is 24.3 Å². The zero-order chi connectivity index (χ0) is 21.4. The number of rotatable bonds is 4. The molecule has 30 heavy (non-hydrogen) atoms. The molecule has 7 nitrogen and oxygen atoms in total. The van der Waals surface area contributed by atoms with Crippen molar-refractivity contribution < 1.29 is 18.8 Å². The molecule has 3 aromatic heterocycles. The molecular formula is C21H16ClN3O4S. The number of ether oxygens (including phenoxy) is 1. The monoisotopic (exact) mass is 441 g/mol. The van der Waals surface area contributed by atoms with E-state index in [-0.39, 0.29) is 22.0 Å². The molecule has 1 aromatic carbocycles. The van der Waals surface area contributed by atoms with E-state index in [9.17, 15) is 9.59 Å². The first-order valence-corrected chi connectivity index (χ1v) is 10.1. The van der Waals surface area contributed by atoms with Crippen LogP contribution in [0.1, 0.15) is 31.3 Å². The number of carbonyl (C=O) groups is 2. The van der Waals surface area contributed by atoms with E-state index in [2.05, 4.69) is 15.5 Å². The fourth-order valence-electron chi connectivity index (χ4n) is 3.03. The van der Waals surface area contributed by atoms with Crippen LogP contribution in [-0.2, 0) is 4.74 Å². The number of benzene rings is 1. The van der Waals surface area contributed by atoms with Gasteiger partial charge >= 0.3 is 5.97 Å². The number of anilines is 1. The molecule has 0 radical (unpaired) electrons. The molecule has 4 aromatic rings. The minimum absolute atomic E-state index is 0.271. The maximum Gasteiger partial charge on any atom is 0.337 e. The van der Waals surface area contributed by atoms with Crippen LogP contribution in [0.2, 0.25) is 5.02 Å². The van der Waals surface area contributed by atoms with Crippen molar-refractivity contribution in [3.63, 3.8) is 0 Å². The van der Waals surface area contributed by atoms with E-state index in [0.29, 0.717) is 22.3 Å². The number of aryl methyl sites for hydroxylation is 2. The second-order valence-electron chi connectivity index (χ2n) is 6.55. The molecule has 0 saturated carbocycles. The number of pyridine rings is 1. The molecular weight excluding hydrogens is 426 g/mol. The van der Waals surface area contributed by atoms with Crippen molar-refractivity contribution in [3.05, 3.63) is 63.1 Å². The Kier molecular flexibility index (Phi) is 5.27. The molecule has 0 fully saturated rings. The van der Waals surface area contributed by atoms with Gasteiger partial charge in [-0.15, -0.1) is 11.3 Å². The van der Waals surface area contributed by atoms with Gasteiger partial charge in [-0.2, -0.15) is 0 Å². The molecule has 0 unspecified atom stereocenters. The van der Waals surface area contributed by atoms with E-state index in [1.165, 1.54) is 25.3 Å². The standard InChI is InChI=1S/C21H16ClN3O4S/c1-10-4-7-17(30-10)16-9-13(18-11(2)25-29-20(18)24-16)19(26)23-15-8-12(21(27)28-3)5-6-14(15)22/h4-9H,1-3H3,(H,23,26). The second kappa shape index (κ2) is 7.89. The van der Waals surface area contributed by atoms with Gasteiger partial charge in [-0.05, 0) is 50.2 Å². The summed E-state index contributed by atoms with van der Waals surface area (Å²) < 4.78 is 10.1. The second-order valence-corrected chi connectivity index (χ2v) is 8.25. The van der Waals surface area contributed by atoms with Gasteiger partial charge in [0.2, 0.25) is 0 Å². The first-order valence-electron chi connectivity index (χ1n) is 8.90. The van der Waals surface area contributed by atoms with Gasteiger partial charge in [0, 0.05) is 4.88 Å². The number of nitrogens with one attached hydrogen (secondary N) is 1. The number of aromatic nitrogens is 2. The number of hydrogen-bond acceptors (Lipinski definition) is 7. The Morgan fingerprint density at radius 1 is 1.17 bits per heavy atom. The quantitative estimate of drug-likeness (QED) is 0.434. The molecule has 0 bridgehead atoms. The molecule has 1 amide bonds. The van der Waals surface area contributed by atoms with Gasteiger partial charge in [-0.1, -0.05) is 16.8 Å². The van der Waals surface area contributed by atoms with Crippen molar-refractivity contribution in [1.82, 2.24) is 10.1 Å². The van der Waals surface area contributed by atoms with Crippen LogP contribution in [-0.4, -0.2) is 29.1 Å². The van der Waals surface area contributed by atoms with Gasteiger partial charge in [0.05, 0.1) is 50.6 Å². The molecule has 0 aliphatic rings. The summed E-state index contributed by atoms with van der Waals surface area (Å²) in [7, 11) is 1.28. The van der Waals surface area contributed by atoms with Gasteiger partial charge in [-0.25, -0.2) is 9.78 Å². The fraction of sp³-hybridized carbons (Fsp3) is 0.143. The zero-order valence-corrected chi connectivity index (χ0v) is 17.9. The number of esters is 1. The number of nitrogens with zero attached hydrogens (tertiary/aromatic N) is 2. The first kappa shape index (κ1) is 20.1. The number of methoxy groups -OCH3 is 1. The third kappa shape index (κ3) is 3.67. The van der Waals surface area contributed by atoms with Gasteiger partial charge in [0.25, 0.3) is 11.6 Å². The van der Waals surface area contributed by atoms with Gasteiger partial charge in [0.1, 0.15) is 0 Å². The van der Waals surface area contributed by atoms with Gasteiger partial charge < -0.3 is 14.6 Å². The number of thiophene rings is 1. The summed E-state index contributed by atoms with van der Waals surface area (Å²) in [5, 5.41) is 7.52. The molecule has 0 spiro atoms. The topological polar surface area (TPSA) is 94.3 Å². The van der Waals surface area contributed by atoms with Crippen molar-refractivity contribution in [2.24, 2.45) is 0 Å². The fourth-order valence-corrected chi connectivity index (χ4v) is 4.02. The molecule has 0 atom stereocenters. The number of fused-ring (bicyclic) bond motifs is 1. The molecule has 4 rings (SSSR count). The minimum atomic E-state index is -0.529. The lowest BCUT2D eigenvalue weighted by atomic mass is 10.1. The van der Waals surface area contributed by atoms with Crippen LogP contribution < -0.4 is 5.32 Å². The van der Waals surface area contributed by atoms with Crippen LogP contribution in [0.4, 0.5) is 5.69 Å². The van der Waals surface area contributed by atoms with Gasteiger partial charge in [0.15, 0.2) is 0 Å².